The van der Waals surface area contributed by atoms with Gasteiger partial charge in [-0.2, -0.15) is 0 Å². The van der Waals surface area contributed by atoms with Gasteiger partial charge in [-0.05, 0) is 6.07 Å². The van der Waals surface area contributed by atoms with E-state index < -0.39 is 28.5 Å². The van der Waals surface area contributed by atoms with Crippen LogP contribution in [0.15, 0.2) is 39.9 Å². The molecule has 1 aromatic carbocycles. The van der Waals surface area contributed by atoms with Gasteiger partial charge in [-0.1, -0.05) is 12.1 Å². The molecule has 0 bridgehead atoms. The van der Waals surface area contributed by atoms with Crippen LogP contribution in [0.2, 0.25) is 0 Å². The average Bonchev–Trinajstić information content (AvgIpc) is 2.36. The number of rotatable bonds is 3. The molecule has 0 saturated heterocycles. The van der Waals surface area contributed by atoms with Gasteiger partial charge in [0.2, 0.25) is 0 Å². The second kappa shape index (κ2) is 4.89. The number of benzene rings is 1. The van der Waals surface area contributed by atoms with E-state index in [0.29, 0.717) is 0 Å². The lowest BCUT2D eigenvalue weighted by atomic mass is 10.1. The van der Waals surface area contributed by atoms with Gasteiger partial charge in [0.1, 0.15) is 5.82 Å². The number of aromatic amines is 1. The van der Waals surface area contributed by atoms with Gasteiger partial charge in [-0.15, -0.1) is 0 Å². The van der Waals surface area contributed by atoms with Crippen LogP contribution in [0.3, 0.4) is 0 Å². The third-order valence-electron chi connectivity index (χ3n) is 2.53. The summed E-state index contributed by atoms with van der Waals surface area (Å²) >= 11 is 0. The summed E-state index contributed by atoms with van der Waals surface area (Å²) in [6.07, 6.45) is 0. The first-order chi connectivity index (χ1) is 8.99. The minimum Gasteiger partial charge on any atom is -0.478 e. The molecule has 7 heteroatoms. The van der Waals surface area contributed by atoms with Crippen molar-refractivity contribution in [2.45, 2.75) is 6.54 Å². The molecule has 98 valence electrons. The summed E-state index contributed by atoms with van der Waals surface area (Å²) in [6, 6.07) is 5.95. The number of halogens is 1. The second-order valence-electron chi connectivity index (χ2n) is 3.82. The Hall–Kier alpha value is -2.70. The van der Waals surface area contributed by atoms with Crippen molar-refractivity contribution >= 4 is 5.97 Å². The maximum Gasteiger partial charge on any atom is 0.338 e. The Labute approximate surface area is 105 Å². The zero-order valence-electron chi connectivity index (χ0n) is 9.59. The molecule has 0 aliphatic heterocycles. The maximum atomic E-state index is 13.9. The first-order valence-corrected chi connectivity index (χ1v) is 5.30. The van der Waals surface area contributed by atoms with Crippen molar-refractivity contribution in [2.75, 3.05) is 0 Å². The molecule has 1 aromatic heterocycles. The van der Waals surface area contributed by atoms with E-state index in [1.165, 1.54) is 12.1 Å². The molecule has 0 spiro atoms. The van der Waals surface area contributed by atoms with Gasteiger partial charge in [0.05, 0.1) is 12.1 Å². The van der Waals surface area contributed by atoms with Crippen molar-refractivity contribution in [1.82, 2.24) is 9.78 Å². The summed E-state index contributed by atoms with van der Waals surface area (Å²) in [5.74, 6) is -2.32. The Bertz CT molecular complexity index is 748. The molecule has 19 heavy (non-hydrogen) atoms. The monoisotopic (exact) mass is 264 g/mol. The smallest absolute Gasteiger partial charge is 0.338 e. The lowest BCUT2D eigenvalue weighted by Crippen LogP contribution is -2.28. The van der Waals surface area contributed by atoms with E-state index in [1.54, 1.807) is 0 Å². The molecule has 1 heterocycles. The van der Waals surface area contributed by atoms with Crippen LogP contribution in [0.25, 0.3) is 0 Å². The number of aromatic carboxylic acids is 1. The van der Waals surface area contributed by atoms with Gasteiger partial charge >= 0.3 is 5.97 Å². The number of carboxylic acids is 1. The Morgan fingerprint density at radius 3 is 2.68 bits per heavy atom. The number of carbonyl (C=O) groups is 1. The minimum atomic E-state index is -1.40. The average molecular weight is 264 g/mol. The van der Waals surface area contributed by atoms with Crippen LogP contribution in [0, 0.1) is 5.82 Å². The Balaban J connectivity index is 2.47. The van der Waals surface area contributed by atoms with Crippen LogP contribution in [-0.2, 0) is 6.54 Å². The molecular formula is C12H9FN2O4. The SMILES string of the molecule is O=C(O)c1cccc(Cn2[nH]c(=O)ccc2=O)c1F. The quantitative estimate of drug-likeness (QED) is 0.840. The number of hydrogen-bond acceptors (Lipinski definition) is 3. The van der Waals surface area contributed by atoms with E-state index in [0.717, 1.165) is 22.9 Å². The second-order valence-corrected chi connectivity index (χ2v) is 3.82. The van der Waals surface area contributed by atoms with E-state index in [9.17, 15) is 18.8 Å². The van der Waals surface area contributed by atoms with Gasteiger partial charge in [0.15, 0.2) is 0 Å². The molecule has 0 fully saturated rings. The van der Waals surface area contributed by atoms with Crippen LogP contribution < -0.4 is 11.1 Å². The molecule has 2 N–H and O–H groups in total. The highest BCUT2D eigenvalue weighted by atomic mass is 19.1. The first-order valence-electron chi connectivity index (χ1n) is 5.30. The Kier molecular flexibility index (Phi) is 3.28. The maximum absolute atomic E-state index is 13.9. The highest BCUT2D eigenvalue weighted by Crippen LogP contribution is 2.13. The van der Waals surface area contributed by atoms with Crippen LogP contribution in [0.5, 0.6) is 0 Å². The number of aromatic nitrogens is 2. The van der Waals surface area contributed by atoms with Gasteiger partial charge in [-0.3, -0.25) is 14.7 Å². The molecule has 0 aliphatic carbocycles. The summed E-state index contributed by atoms with van der Waals surface area (Å²) in [6.45, 7) is -0.248. The lowest BCUT2D eigenvalue weighted by molar-refractivity contribution is 0.0691. The lowest BCUT2D eigenvalue weighted by Gasteiger charge is -2.07. The fraction of sp³-hybridized carbons (Fsp3) is 0.0833. The third kappa shape index (κ3) is 2.59. The van der Waals surface area contributed by atoms with Crippen molar-refractivity contribution in [3.8, 4) is 0 Å². The van der Waals surface area contributed by atoms with Crippen LogP contribution in [0.4, 0.5) is 4.39 Å². The zero-order chi connectivity index (χ0) is 14.0. The number of nitrogens with one attached hydrogen (secondary N) is 1. The summed E-state index contributed by atoms with van der Waals surface area (Å²) in [5, 5.41) is 11.0. The Morgan fingerprint density at radius 1 is 1.26 bits per heavy atom. The Morgan fingerprint density at radius 2 is 2.00 bits per heavy atom. The fourth-order valence-electron chi connectivity index (χ4n) is 1.62. The molecule has 2 rings (SSSR count). The minimum absolute atomic E-state index is 0.00356. The van der Waals surface area contributed by atoms with Crippen molar-refractivity contribution in [1.29, 1.82) is 0 Å². The number of nitrogens with zero attached hydrogens (tertiary/aromatic N) is 1. The predicted molar refractivity (Wildman–Crippen MR) is 63.8 cm³/mol. The normalized spacial score (nSPS) is 10.4. The molecule has 2 aromatic rings. The fourth-order valence-corrected chi connectivity index (χ4v) is 1.62. The zero-order valence-corrected chi connectivity index (χ0v) is 9.59. The van der Waals surface area contributed by atoms with Crippen molar-refractivity contribution in [2.24, 2.45) is 0 Å². The topological polar surface area (TPSA) is 92.2 Å². The highest BCUT2D eigenvalue weighted by Gasteiger charge is 2.14. The molecule has 0 unspecified atom stereocenters. The van der Waals surface area contributed by atoms with E-state index in [-0.39, 0.29) is 12.1 Å². The van der Waals surface area contributed by atoms with Crippen molar-refractivity contribution in [3.05, 3.63) is 68.0 Å². The van der Waals surface area contributed by atoms with Gasteiger partial charge in [-0.25, -0.2) is 13.9 Å². The summed E-state index contributed by atoms with van der Waals surface area (Å²) in [4.78, 5) is 33.3. The summed E-state index contributed by atoms with van der Waals surface area (Å²) in [5.41, 5.74) is -1.50. The molecule has 0 atom stereocenters. The molecule has 0 amide bonds. The van der Waals surface area contributed by atoms with Gasteiger partial charge < -0.3 is 5.11 Å². The van der Waals surface area contributed by atoms with E-state index in [4.69, 9.17) is 5.11 Å². The third-order valence-corrected chi connectivity index (χ3v) is 2.53. The molecule has 0 saturated carbocycles. The number of carboxylic acid groups (broad SMARTS) is 1. The predicted octanol–water partition coefficient (Wildman–Crippen LogP) is 0.422. The largest absolute Gasteiger partial charge is 0.478 e. The molecule has 0 aliphatic rings. The van der Waals surface area contributed by atoms with Gasteiger partial charge in [0.25, 0.3) is 11.1 Å². The highest BCUT2D eigenvalue weighted by molar-refractivity contribution is 5.88. The molecular weight excluding hydrogens is 255 g/mol. The van der Waals surface area contributed by atoms with E-state index in [2.05, 4.69) is 5.10 Å². The summed E-state index contributed by atoms with van der Waals surface area (Å²) < 4.78 is 14.8. The van der Waals surface area contributed by atoms with E-state index in [1.807, 2.05) is 0 Å². The van der Waals surface area contributed by atoms with E-state index >= 15 is 0 Å². The summed E-state index contributed by atoms with van der Waals surface area (Å²) in [7, 11) is 0. The van der Waals surface area contributed by atoms with Crippen LogP contribution in [0.1, 0.15) is 15.9 Å². The van der Waals surface area contributed by atoms with Gasteiger partial charge in [0, 0.05) is 17.7 Å². The van der Waals surface area contributed by atoms with Crippen LogP contribution >= 0.6 is 0 Å². The molecule has 6 nitrogen and oxygen atoms in total. The molecule has 0 radical (unpaired) electrons. The number of H-pyrrole nitrogens is 1. The van der Waals surface area contributed by atoms with Crippen LogP contribution in [-0.4, -0.2) is 20.9 Å². The van der Waals surface area contributed by atoms with Crippen molar-refractivity contribution < 1.29 is 14.3 Å². The number of hydrogen-bond donors (Lipinski definition) is 2. The van der Waals surface area contributed by atoms with Crippen molar-refractivity contribution in [3.63, 3.8) is 0 Å². The first kappa shape index (κ1) is 12.7. The standard InChI is InChI=1S/C12H9FN2O4/c13-11-7(2-1-3-8(11)12(18)19)6-15-10(17)5-4-9(16)14-15/h1-5H,6H2,(H,14,16)(H,18,19).